The molecule has 4 N–H and O–H groups in total. The quantitative estimate of drug-likeness (QED) is 0.181. The van der Waals surface area contributed by atoms with Crippen molar-refractivity contribution in [2.24, 2.45) is 9.81 Å². The number of benzene rings is 3. The maximum absolute atomic E-state index is 14.8. The van der Waals surface area contributed by atoms with Crippen LogP contribution in [0.2, 0.25) is 0 Å². The van der Waals surface area contributed by atoms with Crippen molar-refractivity contribution in [2.75, 3.05) is 16.3 Å². The molecular weight excluding hydrogens is 635 g/mol. The number of nitro groups is 1. The van der Waals surface area contributed by atoms with Crippen LogP contribution in [0.3, 0.4) is 0 Å². The summed E-state index contributed by atoms with van der Waals surface area (Å²) < 4.78 is 56.4. The summed E-state index contributed by atoms with van der Waals surface area (Å²) in [5.74, 6) is -1.51. The fraction of sp³-hybridized carbons (Fsp3) is 0.290. The van der Waals surface area contributed by atoms with Crippen LogP contribution in [0, 0.1) is 15.5 Å². The van der Waals surface area contributed by atoms with Gasteiger partial charge in [0, 0.05) is 29.9 Å². The lowest BCUT2D eigenvalue weighted by Gasteiger charge is -2.41. The lowest BCUT2D eigenvalue weighted by Crippen LogP contribution is -2.53. The smallest absolute Gasteiger partial charge is 0.286 e. The molecule has 3 aromatic rings. The fourth-order valence-corrected chi connectivity index (χ4v) is 7.21. The SMILES string of the molecule is CC(C)(C)CCC1(NCc2cccc([N+](=O)[O-])c2)C(=O)C(C2=NS(=O)(=O)c3cc(NS(C)(=O)=O)ccc3N2)=C(O)c2ccccc21. The maximum atomic E-state index is 14.8. The summed E-state index contributed by atoms with van der Waals surface area (Å²) >= 11 is 0. The normalized spacial score (nSPS) is 19.0. The summed E-state index contributed by atoms with van der Waals surface area (Å²) in [6.07, 6.45) is 1.69. The van der Waals surface area contributed by atoms with Crippen LogP contribution < -0.4 is 15.4 Å². The maximum Gasteiger partial charge on any atom is 0.286 e. The molecule has 1 heterocycles. The third kappa shape index (κ3) is 6.52. The lowest BCUT2D eigenvalue weighted by molar-refractivity contribution is -0.384. The summed E-state index contributed by atoms with van der Waals surface area (Å²) in [5, 5.41) is 29.2. The average molecular weight is 668 g/mol. The minimum Gasteiger partial charge on any atom is -0.506 e. The molecule has 0 saturated heterocycles. The van der Waals surface area contributed by atoms with E-state index in [4.69, 9.17) is 0 Å². The van der Waals surface area contributed by atoms with Gasteiger partial charge in [-0.1, -0.05) is 57.2 Å². The van der Waals surface area contributed by atoms with E-state index in [1.54, 1.807) is 36.4 Å². The number of carbonyl (C=O) groups is 1. The number of anilines is 2. The standard InChI is InChI=1S/C31H33N5O8S2/c1-30(2,3)14-15-31(32-18-19-8-7-9-21(16-19)36(39)40)23-11-6-5-10-22(23)27(37)26(28(31)38)29-33-24-13-12-20(34-45(4,41)42)17-25(24)46(43,44)35-29/h5-13,16-17,32,34,37H,14-15,18H2,1-4H3,(H,33,35). The Labute approximate surface area is 266 Å². The van der Waals surface area contributed by atoms with E-state index in [1.807, 2.05) is 20.8 Å². The predicted octanol–water partition coefficient (Wildman–Crippen LogP) is 4.84. The molecule has 0 saturated carbocycles. The van der Waals surface area contributed by atoms with Gasteiger partial charge in [-0.05, 0) is 47.6 Å². The van der Waals surface area contributed by atoms with Gasteiger partial charge in [0.2, 0.25) is 10.0 Å². The Morgan fingerprint density at radius 3 is 2.46 bits per heavy atom. The van der Waals surface area contributed by atoms with Crippen molar-refractivity contribution < 1.29 is 31.7 Å². The molecule has 15 heteroatoms. The number of Topliss-reactive ketones (excluding diaryl/α,β-unsaturated/α-hetero) is 1. The number of nitrogens with one attached hydrogen (secondary N) is 3. The van der Waals surface area contributed by atoms with Crippen molar-refractivity contribution in [3.8, 4) is 0 Å². The Kier molecular flexibility index (Phi) is 8.30. The van der Waals surface area contributed by atoms with Gasteiger partial charge in [0.25, 0.3) is 15.7 Å². The number of aliphatic hydroxyl groups is 1. The first-order valence-electron chi connectivity index (χ1n) is 14.2. The molecule has 242 valence electrons. The number of nitrogens with zero attached hydrogens (tertiary/aromatic N) is 2. The van der Waals surface area contributed by atoms with Crippen LogP contribution in [0.1, 0.15) is 50.3 Å². The largest absolute Gasteiger partial charge is 0.506 e. The summed E-state index contributed by atoms with van der Waals surface area (Å²) in [5.41, 5.74) is -0.874. The average Bonchev–Trinajstić information content (AvgIpc) is 2.96. The molecule has 5 rings (SSSR count). The Bertz CT molecular complexity index is 2050. The van der Waals surface area contributed by atoms with Crippen molar-refractivity contribution in [3.63, 3.8) is 0 Å². The molecule has 13 nitrogen and oxygen atoms in total. The number of non-ortho nitro benzene ring substituents is 1. The zero-order chi connectivity index (χ0) is 33.7. The Balaban J connectivity index is 1.64. The fourth-order valence-electron chi connectivity index (χ4n) is 5.51. The van der Waals surface area contributed by atoms with Crippen LogP contribution in [0.5, 0.6) is 0 Å². The number of fused-ring (bicyclic) bond motifs is 2. The van der Waals surface area contributed by atoms with Crippen LogP contribution >= 0.6 is 0 Å². The number of amidine groups is 1. The molecule has 0 spiro atoms. The van der Waals surface area contributed by atoms with Gasteiger partial charge < -0.3 is 10.4 Å². The van der Waals surface area contributed by atoms with E-state index in [1.165, 1.54) is 24.3 Å². The highest BCUT2D eigenvalue weighted by molar-refractivity contribution is 7.92. The van der Waals surface area contributed by atoms with E-state index >= 15 is 0 Å². The number of rotatable bonds is 9. The molecule has 0 bridgehead atoms. The predicted molar refractivity (Wildman–Crippen MR) is 174 cm³/mol. The number of ketones is 1. The number of aliphatic hydroxyl groups excluding tert-OH is 1. The van der Waals surface area contributed by atoms with E-state index < -0.39 is 47.9 Å². The zero-order valence-electron chi connectivity index (χ0n) is 25.5. The van der Waals surface area contributed by atoms with E-state index in [-0.39, 0.29) is 51.5 Å². The molecule has 0 amide bonds. The summed E-state index contributed by atoms with van der Waals surface area (Å²) in [6, 6.07) is 16.5. The third-order valence-corrected chi connectivity index (χ3v) is 9.65. The van der Waals surface area contributed by atoms with Gasteiger partial charge >= 0.3 is 0 Å². The second-order valence-corrected chi connectivity index (χ2v) is 15.8. The minimum atomic E-state index is -4.47. The van der Waals surface area contributed by atoms with Gasteiger partial charge in [-0.25, -0.2) is 8.42 Å². The van der Waals surface area contributed by atoms with E-state index in [0.717, 1.165) is 12.3 Å². The van der Waals surface area contributed by atoms with Crippen molar-refractivity contribution >= 4 is 54.5 Å². The zero-order valence-corrected chi connectivity index (χ0v) is 27.1. The molecule has 2 aliphatic rings. The number of sulfonamides is 2. The Morgan fingerprint density at radius 2 is 1.78 bits per heavy atom. The summed E-state index contributed by atoms with van der Waals surface area (Å²) in [4.78, 5) is 25.4. The number of nitro benzene ring substituents is 1. The molecule has 46 heavy (non-hydrogen) atoms. The highest BCUT2D eigenvalue weighted by Gasteiger charge is 2.49. The third-order valence-electron chi connectivity index (χ3n) is 7.72. The molecule has 0 fully saturated rings. The van der Waals surface area contributed by atoms with E-state index in [9.17, 15) is 36.9 Å². The van der Waals surface area contributed by atoms with Crippen LogP contribution in [0.25, 0.3) is 5.76 Å². The van der Waals surface area contributed by atoms with E-state index in [2.05, 4.69) is 19.8 Å². The highest BCUT2D eigenvalue weighted by atomic mass is 32.2. The molecular formula is C31H33N5O8S2. The van der Waals surface area contributed by atoms with Gasteiger partial charge in [0.1, 0.15) is 21.8 Å². The van der Waals surface area contributed by atoms with Crippen molar-refractivity contribution in [3.05, 3.63) is 99.1 Å². The van der Waals surface area contributed by atoms with Gasteiger partial charge in [0.15, 0.2) is 11.6 Å². The molecule has 1 atom stereocenters. The molecule has 1 aliphatic heterocycles. The topological polar surface area (TPSA) is 197 Å². The Hall–Kier alpha value is -4.60. The van der Waals surface area contributed by atoms with Crippen molar-refractivity contribution in [2.45, 2.75) is 50.6 Å². The van der Waals surface area contributed by atoms with Crippen LogP contribution in [0.4, 0.5) is 17.1 Å². The van der Waals surface area contributed by atoms with Crippen LogP contribution in [-0.4, -0.2) is 44.7 Å². The lowest BCUT2D eigenvalue weighted by atomic mass is 9.69. The van der Waals surface area contributed by atoms with Crippen molar-refractivity contribution in [1.82, 2.24) is 5.32 Å². The molecule has 0 radical (unpaired) electrons. The van der Waals surface area contributed by atoms with Crippen LogP contribution in [0.15, 0.2) is 81.6 Å². The molecule has 1 unspecified atom stereocenters. The van der Waals surface area contributed by atoms with Gasteiger partial charge in [-0.2, -0.15) is 8.42 Å². The second kappa shape index (κ2) is 11.6. The molecule has 0 aromatic heterocycles. The number of carbonyl (C=O) groups excluding carboxylic acids is 1. The molecule has 1 aliphatic carbocycles. The highest BCUT2D eigenvalue weighted by Crippen LogP contribution is 2.44. The van der Waals surface area contributed by atoms with Gasteiger partial charge in [-0.15, -0.1) is 4.40 Å². The van der Waals surface area contributed by atoms with Gasteiger partial charge in [0.05, 0.1) is 16.9 Å². The second-order valence-electron chi connectivity index (χ2n) is 12.5. The Morgan fingerprint density at radius 1 is 1.07 bits per heavy atom. The number of hydrogen-bond acceptors (Lipinski definition) is 10. The first-order valence-corrected chi connectivity index (χ1v) is 17.5. The first kappa shape index (κ1) is 32.8. The van der Waals surface area contributed by atoms with Crippen LogP contribution in [-0.2, 0) is 36.9 Å². The minimum absolute atomic E-state index is 0.00144. The molecule has 3 aromatic carbocycles. The summed E-state index contributed by atoms with van der Waals surface area (Å²) in [7, 11) is -8.17. The van der Waals surface area contributed by atoms with Gasteiger partial charge in [-0.3, -0.25) is 24.9 Å². The monoisotopic (exact) mass is 667 g/mol. The summed E-state index contributed by atoms with van der Waals surface area (Å²) in [6.45, 7) is 6.07. The first-order chi connectivity index (χ1) is 21.4. The number of hydrogen-bond donors (Lipinski definition) is 4. The van der Waals surface area contributed by atoms with Crippen molar-refractivity contribution in [1.29, 1.82) is 0 Å². The van der Waals surface area contributed by atoms with E-state index in [0.29, 0.717) is 17.5 Å².